The lowest BCUT2D eigenvalue weighted by Gasteiger charge is -2.36. The summed E-state index contributed by atoms with van der Waals surface area (Å²) in [4.78, 5) is 14.0. The van der Waals surface area contributed by atoms with E-state index in [1.54, 1.807) is 24.3 Å². The van der Waals surface area contributed by atoms with E-state index in [4.69, 9.17) is 27.3 Å². The number of carbonyl (C=O) groups is 1. The van der Waals surface area contributed by atoms with E-state index in [0.29, 0.717) is 11.3 Å². The quantitative estimate of drug-likeness (QED) is 0.248. The van der Waals surface area contributed by atoms with Gasteiger partial charge < -0.3 is 27.3 Å². The molecule has 1 saturated carbocycles. The smallest absolute Gasteiger partial charge is 0.254 e. The van der Waals surface area contributed by atoms with Crippen molar-refractivity contribution < 1.29 is 9.53 Å². The molecule has 34 heavy (non-hydrogen) atoms. The largest absolute Gasteiger partial charge is 0.458 e. The molecule has 1 saturated heterocycles. The second kappa shape index (κ2) is 13.0. The van der Waals surface area contributed by atoms with E-state index >= 15 is 0 Å². The van der Waals surface area contributed by atoms with Crippen molar-refractivity contribution in [2.45, 2.75) is 51.0 Å². The van der Waals surface area contributed by atoms with Gasteiger partial charge >= 0.3 is 0 Å². The summed E-state index contributed by atoms with van der Waals surface area (Å²) in [6.45, 7) is 4.97. The van der Waals surface area contributed by atoms with Crippen molar-refractivity contribution in [3.63, 3.8) is 0 Å². The van der Waals surface area contributed by atoms with E-state index in [0.717, 1.165) is 24.6 Å². The van der Waals surface area contributed by atoms with E-state index in [1.807, 2.05) is 12.2 Å². The zero-order valence-electron chi connectivity index (χ0n) is 19.9. The van der Waals surface area contributed by atoms with Crippen LogP contribution in [0.4, 0.5) is 0 Å². The van der Waals surface area contributed by atoms with Gasteiger partial charge in [0.25, 0.3) is 5.91 Å². The molecule has 0 aromatic heterocycles. The Balaban J connectivity index is 0.000000226. The van der Waals surface area contributed by atoms with Crippen molar-refractivity contribution in [3.8, 4) is 5.75 Å². The zero-order chi connectivity index (χ0) is 24.3. The molecule has 8 N–H and O–H groups in total. The van der Waals surface area contributed by atoms with Crippen LogP contribution in [0.5, 0.6) is 5.75 Å². The highest BCUT2D eigenvalue weighted by Gasteiger charge is 2.21. The Morgan fingerprint density at radius 1 is 1.00 bits per heavy atom. The van der Waals surface area contributed by atoms with E-state index in [1.165, 1.54) is 58.3 Å². The normalized spacial score (nSPS) is 19.8. The molecule has 0 radical (unpaired) electrons. The fraction of sp³-hybridized carbons (Fsp3) is 0.462. The Morgan fingerprint density at radius 3 is 2.24 bits per heavy atom. The summed E-state index contributed by atoms with van der Waals surface area (Å²) in [6.07, 6.45) is 15.3. The highest BCUT2D eigenvalue weighted by molar-refractivity contribution is 6.23. The number of rotatable bonds is 6. The van der Waals surface area contributed by atoms with Gasteiger partial charge in [-0.05, 0) is 67.7 Å². The number of nitrogens with zero attached hydrogens (tertiary/aromatic N) is 1. The summed E-state index contributed by atoms with van der Waals surface area (Å²) >= 11 is 0. The SMILES string of the molecule is C1CCC(N2CCNCC2)CC1.N=C(N)/C(C(N)=O)=C(\N)c1ccc(OC2=CCCC=C2)cc1. The first-order valence-electron chi connectivity index (χ1n) is 12.2. The first-order valence-corrected chi connectivity index (χ1v) is 12.2. The predicted octanol–water partition coefficient (Wildman–Crippen LogP) is 2.61. The zero-order valence-corrected chi connectivity index (χ0v) is 19.9. The number of amides is 1. The van der Waals surface area contributed by atoms with Crippen LogP contribution in [0.15, 0.2) is 53.8 Å². The first-order chi connectivity index (χ1) is 16.5. The fourth-order valence-corrected chi connectivity index (χ4v) is 4.55. The van der Waals surface area contributed by atoms with Crippen molar-refractivity contribution >= 4 is 17.4 Å². The highest BCUT2D eigenvalue weighted by atomic mass is 16.5. The summed E-state index contributed by atoms with van der Waals surface area (Å²) in [5, 5.41) is 10.8. The molecule has 0 spiro atoms. The lowest BCUT2D eigenvalue weighted by Crippen LogP contribution is -2.48. The molecular weight excluding hydrogens is 428 g/mol. The van der Waals surface area contributed by atoms with Gasteiger partial charge in [-0.2, -0.15) is 0 Å². The summed E-state index contributed by atoms with van der Waals surface area (Å²) in [5.74, 6) is 0.160. The number of allylic oxidation sites excluding steroid dienone is 3. The molecule has 1 heterocycles. The van der Waals surface area contributed by atoms with Crippen LogP contribution in [0.25, 0.3) is 5.70 Å². The number of carbonyl (C=O) groups excluding carboxylic acids is 1. The maximum absolute atomic E-state index is 11.3. The number of hydrogen-bond donors (Lipinski definition) is 5. The maximum atomic E-state index is 11.3. The maximum Gasteiger partial charge on any atom is 0.254 e. The Morgan fingerprint density at radius 2 is 1.68 bits per heavy atom. The van der Waals surface area contributed by atoms with Crippen molar-refractivity contribution in [1.29, 1.82) is 5.41 Å². The van der Waals surface area contributed by atoms with Crippen LogP contribution in [-0.4, -0.2) is 48.9 Å². The molecule has 184 valence electrons. The van der Waals surface area contributed by atoms with Crippen LogP contribution in [0, 0.1) is 5.41 Å². The Hall–Kier alpha value is -3.10. The second-order valence-electron chi connectivity index (χ2n) is 8.86. The van der Waals surface area contributed by atoms with Crippen molar-refractivity contribution in [2.24, 2.45) is 17.2 Å². The number of hydrogen-bond acceptors (Lipinski definition) is 6. The third-order valence-electron chi connectivity index (χ3n) is 6.39. The molecule has 1 amide bonds. The van der Waals surface area contributed by atoms with Crippen LogP contribution in [-0.2, 0) is 4.79 Å². The summed E-state index contributed by atoms with van der Waals surface area (Å²) in [5.41, 5.74) is 16.8. The molecule has 2 aliphatic carbocycles. The number of ether oxygens (including phenoxy) is 1. The average molecular weight is 467 g/mol. The van der Waals surface area contributed by atoms with Crippen LogP contribution >= 0.6 is 0 Å². The molecule has 1 aliphatic heterocycles. The predicted molar refractivity (Wildman–Crippen MR) is 137 cm³/mol. The van der Waals surface area contributed by atoms with Gasteiger partial charge in [0.05, 0.1) is 5.70 Å². The number of amidine groups is 1. The number of nitrogens with one attached hydrogen (secondary N) is 2. The van der Waals surface area contributed by atoms with Crippen LogP contribution in [0.1, 0.15) is 50.5 Å². The van der Waals surface area contributed by atoms with E-state index in [9.17, 15) is 4.79 Å². The molecule has 8 nitrogen and oxygen atoms in total. The van der Waals surface area contributed by atoms with E-state index < -0.39 is 11.7 Å². The number of primary amides is 1. The van der Waals surface area contributed by atoms with Crippen molar-refractivity contribution in [1.82, 2.24) is 10.2 Å². The standard InChI is InChI=1S/C16H18N4O2.C10H20N2/c17-14(13(15(18)19)16(20)21)10-6-8-12(9-7-10)22-11-4-2-1-3-5-11;1-2-4-10(5-3-1)12-8-6-11-7-9-12/h2,4-9H,1,3,17H2,(H3,18,19)(H2,20,21);10-11H,1-9H2/b14-13+;. The molecule has 1 aromatic carbocycles. The number of piperazine rings is 1. The lowest BCUT2D eigenvalue weighted by molar-refractivity contribution is -0.114. The monoisotopic (exact) mass is 466 g/mol. The van der Waals surface area contributed by atoms with Gasteiger partial charge in [0, 0.05) is 32.2 Å². The van der Waals surface area contributed by atoms with Gasteiger partial charge in [-0.25, -0.2) is 0 Å². The van der Waals surface area contributed by atoms with Gasteiger partial charge in [-0.15, -0.1) is 0 Å². The lowest BCUT2D eigenvalue weighted by atomic mass is 9.94. The Bertz CT molecular complexity index is 891. The topological polar surface area (TPSA) is 143 Å². The fourth-order valence-electron chi connectivity index (χ4n) is 4.55. The molecule has 8 heteroatoms. The molecule has 3 aliphatic rings. The third kappa shape index (κ3) is 7.46. The van der Waals surface area contributed by atoms with Crippen molar-refractivity contribution in [3.05, 3.63) is 59.4 Å². The number of benzene rings is 1. The Kier molecular flexibility index (Phi) is 9.73. The van der Waals surface area contributed by atoms with Crippen LogP contribution in [0.3, 0.4) is 0 Å². The molecule has 0 unspecified atom stereocenters. The minimum Gasteiger partial charge on any atom is -0.458 e. The van der Waals surface area contributed by atoms with Gasteiger partial charge in [0.15, 0.2) is 0 Å². The van der Waals surface area contributed by atoms with Crippen LogP contribution in [0.2, 0.25) is 0 Å². The minimum atomic E-state index is -0.831. The molecule has 0 bridgehead atoms. The molecule has 2 fully saturated rings. The average Bonchev–Trinajstić information content (AvgIpc) is 2.86. The van der Waals surface area contributed by atoms with E-state index in [2.05, 4.69) is 16.3 Å². The van der Waals surface area contributed by atoms with Gasteiger partial charge in [-0.3, -0.25) is 15.1 Å². The third-order valence-corrected chi connectivity index (χ3v) is 6.39. The molecular formula is C26H38N6O2. The Labute approximate surface area is 202 Å². The van der Waals surface area contributed by atoms with Gasteiger partial charge in [0.2, 0.25) is 0 Å². The second-order valence-corrected chi connectivity index (χ2v) is 8.86. The highest BCUT2D eigenvalue weighted by Crippen LogP contribution is 2.23. The van der Waals surface area contributed by atoms with Crippen molar-refractivity contribution in [2.75, 3.05) is 26.2 Å². The van der Waals surface area contributed by atoms with Crippen LogP contribution < -0.4 is 27.3 Å². The number of nitrogens with two attached hydrogens (primary N) is 3. The minimum absolute atomic E-state index is 0.0725. The molecule has 1 aromatic rings. The molecule has 4 rings (SSSR count). The van der Waals surface area contributed by atoms with Gasteiger partial charge in [-0.1, -0.05) is 25.3 Å². The first kappa shape index (κ1) is 25.5. The summed E-state index contributed by atoms with van der Waals surface area (Å²) in [6, 6.07) is 7.75. The summed E-state index contributed by atoms with van der Waals surface area (Å²) in [7, 11) is 0. The summed E-state index contributed by atoms with van der Waals surface area (Å²) < 4.78 is 5.70. The molecule has 0 atom stereocenters. The van der Waals surface area contributed by atoms with Gasteiger partial charge in [0.1, 0.15) is 22.9 Å². The van der Waals surface area contributed by atoms with E-state index in [-0.39, 0.29) is 11.3 Å².